The Morgan fingerprint density at radius 2 is 1.68 bits per heavy atom. The third kappa shape index (κ3) is 5.24. The predicted molar refractivity (Wildman–Crippen MR) is 108 cm³/mol. The molecule has 0 saturated carbocycles. The molecule has 0 aliphatic carbocycles. The Labute approximate surface area is 168 Å². The van der Waals surface area contributed by atoms with Crippen molar-refractivity contribution in [3.63, 3.8) is 0 Å². The smallest absolute Gasteiger partial charge is 0.344 e. The van der Waals surface area contributed by atoms with Gasteiger partial charge in [-0.15, -0.1) is 0 Å². The largest absolute Gasteiger partial charge is 0.482 e. The minimum Gasteiger partial charge on any atom is -0.482 e. The van der Waals surface area contributed by atoms with E-state index in [1.807, 2.05) is 49.4 Å². The van der Waals surface area contributed by atoms with E-state index in [1.165, 1.54) is 0 Å². The van der Waals surface area contributed by atoms with Crippen molar-refractivity contribution in [1.29, 1.82) is 0 Å². The number of esters is 1. The number of rotatable bonds is 7. The highest BCUT2D eigenvalue weighted by molar-refractivity contribution is 6.30. The summed E-state index contributed by atoms with van der Waals surface area (Å²) in [4.78, 5) is 23.9. The quantitative estimate of drug-likeness (QED) is 0.604. The number of nitrogens with one attached hydrogen (secondary N) is 1. The zero-order chi connectivity index (χ0) is 19.9. The Morgan fingerprint density at radius 3 is 2.46 bits per heavy atom. The highest BCUT2D eigenvalue weighted by Crippen LogP contribution is 2.24. The second kappa shape index (κ2) is 9.24. The lowest BCUT2D eigenvalue weighted by molar-refractivity contribution is -0.150. The number of carbonyl (C=O) groups is 2. The van der Waals surface area contributed by atoms with Crippen LogP contribution < -0.4 is 10.1 Å². The third-order valence-electron chi connectivity index (χ3n) is 4.20. The maximum atomic E-state index is 12.1. The lowest BCUT2D eigenvalue weighted by Crippen LogP contribution is -2.32. The van der Waals surface area contributed by atoms with Gasteiger partial charge in [0.15, 0.2) is 13.2 Å². The van der Waals surface area contributed by atoms with Gasteiger partial charge in [-0.25, -0.2) is 4.79 Å². The van der Waals surface area contributed by atoms with Crippen LogP contribution in [-0.4, -0.2) is 25.1 Å². The van der Waals surface area contributed by atoms with Gasteiger partial charge in [0.25, 0.3) is 5.91 Å². The van der Waals surface area contributed by atoms with E-state index in [2.05, 4.69) is 5.32 Å². The minimum atomic E-state index is -0.622. The van der Waals surface area contributed by atoms with Crippen molar-refractivity contribution in [3.05, 3.63) is 77.3 Å². The van der Waals surface area contributed by atoms with Gasteiger partial charge in [0.1, 0.15) is 5.75 Å². The van der Waals surface area contributed by atoms with Gasteiger partial charge in [-0.1, -0.05) is 54.1 Å². The van der Waals surface area contributed by atoms with E-state index in [-0.39, 0.29) is 25.2 Å². The average Bonchev–Trinajstić information content (AvgIpc) is 2.71. The summed E-state index contributed by atoms with van der Waals surface area (Å²) in [5, 5.41) is 5.61. The fourth-order valence-electron chi connectivity index (χ4n) is 2.85. The van der Waals surface area contributed by atoms with Crippen molar-refractivity contribution in [2.75, 3.05) is 13.2 Å². The van der Waals surface area contributed by atoms with Crippen LogP contribution in [0.3, 0.4) is 0 Å². The van der Waals surface area contributed by atoms with Crippen molar-refractivity contribution in [2.45, 2.75) is 13.0 Å². The third-order valence-corrected chi connectivity index (χ3v) is 4.45. The number of ether oxygens (including phenoxy) is 2. The van der Waals surface area contributed by atoms with Gasteiger partial charge >= 0.3 is 5.97 Å². The van der Waals surface area contributed by atoms with E-state index in [4.69, 9.17) is 21.1 Å². The first-order valence-electron chi connectivity index (χ1n) is 8.84. The van der Waals surface area contributed by atoms with Gasteiger partial charge in [-0.3, -0.25) is 4.79 Å². The van der Waals surface area contributed by atoms with Crippen LogP contribution >= 0.6 is 11.6 Å². The summed E-state index contributed by atoms with van der Waals surface area (Å²) in [6.07, 6.45) is 0. The molecule has 0 aromatic heterocycles. The lowest BCUT2D eigenvalue weighted by atomic mass is 10.00. The monoisotopic (exact) mass is 397 g/mol. The molecule has 0 fully saturated rings. The standard InChI is InChI=1S/C22H20ClNO4/c1-15(19-8-4-6-16-5-2-3-7-20(16)19)24-21(25)13-28-22(26)14-27-18-11-9-17(23)10-12-18/h2-12,15H,13-14H2,1H3,(H,24,25). The van der Waals surface area contributed by atoms with Crippen LogP contribution in [0.4, 0.5) is 0 Å². The number of amides is 1. The van der Waals surface area contributed by atoms with Gasteiger partial charge in [-0.05, 0) is 47.5 Å². The summed E-state index contributed by atoms with van der Waals surface area (Å²) >= 11 is 5.79. The summed E-state index contributed by atoms with van der Waals surface area (Å²) in [5.74, 6) is -0.501. The van der Waals surface area contributed by atoms with E-state index in [9.17, 15) is 9.59 Å². The molecule has 28 heavy (non-hydrogen) atoms. The number of carbonyl (C=O) groups excluding carboxylic acids is 2. The number of hydrogen-bond donors (Lipinski definition) is 1. The molecule has 3 rings (SSSR count). The van der Waals surface area contributed by atoms with Crippen molar-refractivity contribution in [3.8, 4) is 5.75 Å². The molecule has 144 valence electrons. The molecule has 0 aliphatic heterocycles. The number of fused-ring (bicyclic) bond motifs is 1. The highest BCUT2D eigenvalue weighted by atomic mass is 35.5. The fourth-order valence-corrected chi connectivity index (χ4v) is 2.98. The Bertz CT molecular complexity index is 966. The number of benzene rings is 3. The average molecular weight is 398 g/mol. The SMILES string of the molecule is CC(NC(=O)COC(=O)COc1ccc(Cl)cc1)c1cccc2ccccc12. The second-order valence-electron chi connectivity index (χ2n) is 6.26. The van der Waals surface area contributed by atoms with Crippen LogP contribution in [0.15, 0.2) is 66.7 Å². The Morgan fingerprint density at radius 1 is 0.964 bits per heavy atom. The van der Waals surface area contributed by atoms with E-state index < -0.39 is 5.97 Å². The predicted octanol–water partition coefficient (Wildman–Crippen LogP) is 4.29. The summed E-state index contributed by atoms with van der Waals surface area (Å²) < 4.78 is 10.3. The first kappa shape index (κ1) is 19.7. The van der Waals surface area contributed by atoms with E-state index >= 15 is 0 Å². The molecule has 6 heteroatoms. The van der Waals surface area contributed by atoms with E-state index in [0.717, 1.165) is 16.3 Å². The first-order valence-corrected chi connectivity index (χ1v) is 9.22. The maximum absolute atomic E-state index is 12.1. The van der Waals surface area contributed by atoms with Crippen LogP contribution in [0.5, 0.6) is 5.75 Å². The van der Waals surface area contributed by atoms with Crippen LogP contribution in [-0.2, 0) is 14.3 Å². The van der Waals surface area contributed by atoms with E-state index in [1.54, 1.807) is 24.3 Å². The summed E-state index contributed by atoms with van der Waals surface area (Å²) in [6, 6.07) is 20.3. The van der Waals surface area contributed by atoms with Gasteiger partial charge in [0, 0.05) is 5.02 Å². The lowest BCUT2D eigenvalue weighted by Gasteiger charge is -2.16. The Kier molecular flexibility index (Phi) is 6.50. The number of halogens is 1. The van der Waals surface area contributed by atoms with Crippen molar-refractivity contribution in [2.24, 2.45) is 0 Å². The molecule has 0 radical (unpaired) electrons. The summed E-state index contributed by atoms with van der Waals surface area (Å²) in [5.41, 5.74) is 1.00. The minimum absolute atomic E-state index is 0.220. The molecule has 0 heterocycles. The first-order chi connectivity index (χ1) is 13.5. The molecule has 1 atom stereocenters. The second-order valence-corrected chi connectivity index (χ2v) is 6.70. The fraction of sp³-hybridized carbons (Fsp3) is 0.182. The normalized spacial score (nSPS) is 11.6. The molecule has 0 saturated heterocycles. The molecule has 0 aliphatic rings. The van der Waals surface area contributed by atoms with Crippen LogP contribution in [0.1, 0.15) is 18.5 Å². The molecule has 0 spiro atoms. The van der Waals surface area contributed by atoms with Crippen molar-refractivity contribution in [1.82, 2.24) is 5.32 Å². The molecular weight excluding hydrogens is 378 g/mol. The Balaban J connectivity index is 1.48. The zero-order valence-electron chi connectivity index (χ0n) is 15.4. The number of hydrogen-bond acceptors (Lipinski definition) is 4. The highest BCUT2D eigenvalue weighted by Gasteiger charge is 2.14. The maximum Gasteiger partial charge on any atom is 0.344 e. The zero-order valence-corrected chi connectivity index (χ0v) is 16.1. The Hall–Kier alpha value is -3.05. The topological polar surface area (TPSA) is 64.6 Å². The van der Waals surface area contributed by atoms with Crippen molar-refractivity contribution >= 4 is 34.2 Å². The van der Waals surface area contributed by atoms with Gasteiger partial charge in [-0.2, -0.15) is 0 Å². The van der Waals surface area contributed by atoms with Crippen LogP contribution in [0.2, 0.25) is 5.02 Å². The van der Waals surface area contributed by atoms with Gasteiger partial charge in [0.2, 0.25) is 0 Å². The molecular formula is C22H20ClNO4. The van der Waals surface area contributed by atoms with Crippen LogP contribution in [0.25, 0.3) is 10.8 Å². The molecule has 3 aromatic carbocycles. The summed E-state index contributed by atoms with van der Waals surface area (Å²) in [7, 11) is 0. The molecule has 3 aromatic rings. The molecule has 5 nitrogen and oxygen atoms in total. The van der Waals surface area contributed by atoms with Crippen LogP contribution in [0, 0.1) is 0 Å². The molecule has 1 unspecified atom stereocenters. The summed E-state index contributed by atoms with van der Waals surface area (Å²) in [6.45, 7) is 1.25. The molecule has 0 bridgehead atoms. The van der Waals surface area contributed by atoms with Gasteiger partial charge < -0.3 is 14.8 Å². The van der Waals surface area contributed by atoms with E-state index in [0.29, 0.717) is 10.8 Å². The van der Waals surface area contributed by atoms with Gasteiger partial charge in [0.05, 0.1) is 6.04 Å². The van der Waals surface area contributed by atoms with Crippen molar-refractivity contribution < 1.29 is 19.1 Å². The molecule has 1 amide bonds. The molecule has 1 N–H and O–H groups in total.